The Balaban J connectivity index is 1.43. The summed E-state index contributed by atoms with van der Waals surface area (Å²) in [6, 6.07) is 13.5. The highest BCUT2D eigenvalue weighted by Crippen LogP contribution is 2.42. The van der Waals surface area contributed by atoms with E-state index >= 15 is 0 Å². The number of nitrogens with zero attached hydrogens (tertiary/aromatic N) is 2. The molecule has 4 rings (SSSR count). The molecule has 2 fully saturated rings. The van der Waals surface area contributed by atoms with Crippen LogP contribution in [-0.2, 0) is 21.2 Å². The zero-order valence-corrected chi connectivity index (χ0v) is 16.1. The molecule has 1 amide bonds. The van der Waals surface area contributed by atoms with Crippen LogP contribution in [0.4, 0.5) is 0 Å². The summed E-state index contributed by atoms with van der Waals surface area (Å²) in [5, 5.41) is 1.77. The molecule has 0 N–H and O–H groups in total. The van der Waals surface area contributed by atoms with Crippen molar-refractivity contribution in [3.05, 3.63) is 53.4 Å². The normalized spacial score (nSPS) is 24.0. The van der Waals surface area contributed by atoms with Gasteiger partial charge in [0.05, 0.1) is 5.41 Å². The topological polar surface area (TPSA) is 57.7 Å². The van der Waals surface area contributed by atoms with E-state index < -0.39 is 15.4 Å². The summed E-state index contributed by atoms with van der Waals surface area (Å²) in [5.74, 6) is 0.123. The van der Waals surface area contributed by atoms with Crippen LogP contribution < -0.4 is 0 Å². The van der Waals surface area contributed by atoms with Gasteiger partial charge in [-0.15, -0.1) is 11.3 Å². The molecule has 1 spiro atoms. The molecule has 0 radical (unpaired) electrons. The first-order valence-corrected chi connectivity index (χ1v) is 11.2. The van der Waals surface area contributed by atoms with Crippen LogP contribution in [0, 0.1) is 5.41 Å². The van der Waals surface area contributed by atoms with E-state index in [4.69, 9.17) is 0 Å². The van der Waals surface area contributed by atoms with E-state index in [1.54, 1.807) is 17.5 Å². The predicted molar refractivity (Wildman–Crippen MR) is 101 cm³/mol. The Labute approximate surface area is 158 Å². The van der Waals surface area contributed by atoms with Crippen LogP contribution in [0.3, 0.4) is 0 Å². The molecule has 2 aliphatic rings. The van der Waals surface area contributed by atoms with Crippen LogP contribution >= 0.6 is 11.3 Å². The summed E-state index contributed by atoms with van der Waals surface area (Å²) in [5.41, 5.74) is 0.690. The molecule has 2 aromatic rings. The van der Waals surface area contributed by atoms with Crippen LogP contribution in [-0.4, -0.2) is 49.7 Å². The maximum atomic E-state index is 13.0. The molecule has 0 saturated carbocycles. The number of carbonyl (C=O) groups is 1. The number of carbonyl (C=O) groups excluding carboxylic acids is 1. The third kappa shape index (κ3) is 3.08. The van der Waals surface area contributed by atoms with E-state index in [1.165, 1.54) is 21.2 Å². The average Bonchev–Trinajstić information content (AvgIpc) is 3.38. The van der Waals surface area contributed by atoms with Crippen LogP contribution in [0.25, 0.3) is 0 Å². The molecule has 0 bridgehead atoms. The molecule has 2 saturated heterocycles. The molecule has 1 unspecified atom stereocenters. The number of amides is 1. The van der Waals surface area contributed by atoms with Crippen LogP contribution in [0.5, 0.6) is 0 Å². The van der Waals surface area contributed by atoms with Crippen molar-refractivity contribution in [1.82, 2.24) is 9.21 Å². The molecule has 1 aromatic heterocycles. The Hall–Kier alpha value is -1.70. The van der Waals surface area contributed by atoms with E-state index in [9.17, 15) is 13.2 Å². The fourth-order valence-corrected chi connectivity index (χ4v) is 6.64. The lowest BCUT2D eigenvalue weighted by molar-refractivity contribution is -0.135. The monoisotopic (exact) mass is 390 g/mol. The summed E-state index contributed by atoms with van der Waals surface area (Å²) in [6.07, 6.45) is 2.20. The van der Waals surface area contributed by atoms with E-state index in [-0.39, 0.29) is 5.91 Å². The molecule has 7 heteroatoms. The molecular formula is C19H22N2O3S2. The van der Waals surface area contributed by atoms with Crippen molar-refractivity contribution < 1.29 is 13.2 Å². The fraction of sp³-hybridized carbons (Fsp3) is 0.421. The largest absolute Gasteiger partial charge is 0.342 e. The third-order valence-corrected chi connectivity index (χ3v) is 8.74. The van der Waals surface area contributed by atoms with E-state index in [0.29, 0.717) is 30.3 Å². The molecule has 5 nitrogen and oxygen atoms in total. The smallest absolute Gasteiger partial charge is 0.252 e. The fourth-order valence-electron chi connectivity index (χ4n) is 3.97. The Bertz CT molecular complexity index is 881. The van der Waals surface area contributed by atoms with E-state index in [1.807, 2.05) is 23.1 Å². The number of hydrogen-bond donors (Lipinski definition) is 0. The van der Waals surface area contributed by atoms with Gasteiger partial charge in [0.2, 0.25) is 5.91 Å². The lowest BCUT2D eigenvalue weighted by Gasteiger charge is -2.23. The number of hydrogen-bond acceptors (Lipinski definition) is 4. The average molecular weight is 391 g/mol. The number of likely N-dealkylation sites (tertiary alicyclic amines) is 1. The second-order valence-electron chi connectivity index (χ2n) is 7.08. The number of thiophene rings is 1. The summed E-state index contributed by atoms with van der Waals surface area (Å²) < 4.78 is 27.4. The number of rotatable bonds is 5. The maximum absolute atomic E-state index is 13.0. The van der Waals surface area contributed by atoms with Gasteiger partial charge in [-0.2, -0.15) is 4.31 Å². The Morgan fingerprint density at radius 2 is 1.81 bits per heavy atom. The lowest BCUT2D eigenvalue weighted by Crippen LogP contribution is -2.38. The SMILES string of the molecule is O=C1N(CCc2ccccc2)CCC12CCN(S(=O)(=O)c1cccs1)C2. The zero-order chi connectivity index (χ0) is 18.2. The van der Waals surface area contributed by atoms with Crippen LogP contribution in [0.2, 0.25) is 0 Å². The van der Waals surface area contributed by atoms with Crippen molar-refractivity contribution in [2.24, 2.45) is 5.41 Å². The minimum atomic E-state index is -3.47. The highest BCUT2D eigenvalue weighted by atomic mass is 32.2. The first-order chi connectivity index (χ1) is 12.5. The maximum Gasteiger partial charge on any atom is 0.252 e. The first-order valence-electron chi connectivity index (χ1n) is 8.88. The second kappa shape index (κ2) is 6.79. The molecule has 138 valence electrons. The van der Waals surface area contributed by atoms with Gasteiger partial charge in [0.15, 0.2) is 0 Å². The standard InChI is InChI=1S/C19H22N2O3S2/c22-18-19(9-12-20(18)11-8-16-5-2-1-3-6-16)10-13-21(15-19)26(23,24)17-7-4-14-25-17/h1-7,14H,8-13,15H2. The summed E-state index contributed by atoms with van der Waals surface area (Å²) in [4.78, 5) is 14.9. The minimum Gasteiger partial charge on any atom is -0.342 e. The number of benzene rings is 1. The van der Waals surface area contributed by atoms with Crippen LogP contribution in [0.15, 0.2) is 52.1 Å². The summed E-state index contributed by atoms with van der Waals surface area (Å²) >= 11 is 1.23. The molecular weight excluding hydrogens is 368 g/mol. The van der Waals surface area contributed by atoms with Gasteiger partial charge in [-0.3, -0.25) is 4.79 Å². The highest BCUT2D eigenvalue weighted by molar-refractivity contribution is 7.91. The van der Waals surface area contributed by atoms with Crippen molar-refractivity contribution in [3.63, 3.8) is 0 Å². The Morgan fingerprint density at radius 1 is 1.04 bits per heavy atom. The van der Waals surface area contributed by atoms with Gasteiger partial charge in [0.1, 0.15) is 4.21 Å². The van der Waals surface area contributed by atoms with E-state index in [2.05, 4.69) is 12.1 Å². The first kappa shape index (κ1) is 17.7. The van der Waals surface area contributed by atoms with Gasteiger partial charge in [-0.05, 0) is 36.3 Å². The third-order valence-electron chi connectivity index (χ3n) is 5.52. The van der Waals surface area contributed by atoms with Gasteiger partial charge in [0, 0.05) is 26.2 Å². The summed E-state index contributed by atoms with van der Waals surface area (Å²) in [6.45, 7) is 2.16. The molecule has 26 heavy (non-hydrogen) atoms. The van der Waals surface area contributed by atoms with Crippen LogP contribution in [0.1, 0.15) is 18.4 Å². The van der Waals surface area contributed by atoms with Crippen molar-refractivity contribution in [2.45, 2.75) is 23.5 Å². The van der Waals surface area contributed by atoms with Gasteiger partial charge in [-0.1, -0.05) is 36.4 Å². The van der Waals surface area contributed by atoms with Crippen molar-refractivity contribution >= 4 is 27.3 Å². The minimum absolute atomic E-state index is 0.123. The Morgan fingerprint density at radius 3 is 2.54 bits per heavy atom. The van der Waals surface area contributed by atoms with Gasteiger partial charge < -0.3 is 4.90 Å². The Kier molecular flexibility index (Phi) is 4.62. The second-order valence-corrected chi connectivity index (χ2v) is 10.2. The van der Waals surface area contributed by atoms with Crippen molar-refractivity contribution in [3.8, 4) is 0 Å². The zero-order valence-electron chi connectivity index (χ0n) is 14.5. The molecule has 1 aromatic carbocycles. The molecule has 2 aliphatic heterocycles. The van der Waals surface area contributed by atoms with Gasteiger partial charge in [-0.25, -0.2) is 8.42 Å². The molecule has 3 heterocycles. The van der Waals surface area contributed by atoms with Crippen molar-refractivity contribution in [2.75, 3.05) is 26.2 Å². The predicted octanol–water partition coefficient (Wildman–Crippen LogP) is 2.60. The van der Waals surface area contributed by atoms with E-state index in [0.717, 1.165) is 19.4 Å². The van der Waals surface area contributed by atoms with Gasteiger partial charge >= 0.3 is 0 Å². The molecule has 0 aliphatic carbocycles. The van der Waals surface area contributed by atoms with Gasteiger partial charge in [0.25, 0.3) is 10.0 Å². The highest BCUT2D eigenvalue weighted by Gasteiger charge is 2.52. The quantitative estimate of drug-likeness (QED) is 0.789. The lowest BCUT2D eigenvalue weighted by atomic mass is 9.86. The summed E-state index contributed by atoms with van der Waals surface area (Å²) in [7, 11) is -3.47. The van der Waals surface area contributed by atoms with Crippen molar-refractivity contribution in [1.29, 1.82) is 0 Å². The number of sulfonamides is 1. The molecule has 1 atom stereocenters.